The molecule has 0 amide bonds. The van der Waals surface area contributed by atoms with Crippen LogP contribution in [0.25, 0.3) is 0 Å². The molecule has 0 aliphatic carbocycles. The quantitative estimate of drug-likeness (QED) is 0.358. The van der Waals surface area contributed by atoms with Crippen LogP contribution in [-0.4, -0.2) is 27.8 Å². The van der Waals surface area contributed by atoms with Crippen LogP contribution >= 0.6 is 0 Å². The van der Waals surface area contributed by atoms with Crippen molar-refractivity contribution in [1.29, 1.82) is 0 Å². The normalized spacial score (nSPS) is 14.6. The molecule has 0 fully saturated rings. The number of fused-ring (bicyclic) bond motifs is 1. The molecule has 0 saturated carbocycles. The molecule has 0 saturated heterocycles. The Morgan fingerprint density at radius 1 is 0.944 bits per heavy atom. The molecule has 0 bridgehead atoms. The number of ether oxygens (including phenoxy) is 3. The standard InChI is InChI=1S/C28H26N4O4/c1-19-25(27(33)36-17-21-11-7-4-8-12-21)26(32-28(31-19)29-18-30-32)22-13-14-23(24(15-22)34-2)35-16-20-9-5-3-6-10-20/h3-15,18,26H,16-17H2,1-2H3,(H,29,30,31)/t26-/m1/s1. The number of nitrogens with zero attached hydrogens (tertiary/aromatic N) is 3. The van der Waals surface area contributed by atoms with E-state index in [2.05, 4.69) is 15.4 Å². The number of methoxy groups -OCH3 is 1. The van der Waals surface area contributed by atoms with Gasteiger partial charge in [-0.2, -0.15) is 10.1 Å². The van der Waals surface area contributed by atoms with Gasteiger partial charge in [-0.25, -0.2) is 9.48 Å². The third-order valence-electron chi connectivity index (χ3n) is 5.97. The number of nitrogens with one attached hydrogen (secondary N) is 1. The van der Waals surface area contributed by atoms with E-state index in [4.69, 9.17) is 14.2 Å². The summed E-state index contributed by atoms with van der Waals surface area (Å²) in [6, 6.07) is 24.6. The fourth-order valence-corrected chi connectivity index (χ4v) is 4.17. The number of hydrogen-bond donors (Lipinski definition) is 1. The van der Waals surface area contributed by atoms with E-state index >= 15 is 0 Å². The number of esters is 1. The summed E-state index contributed by atoms with van der Waals surface area (Å²) >= 11 is 0. The lowest BCUT2D eigenvalue weighted by molar-refractivity contribution is -0.140. The Balaban J connectivity index is 1.44. The second kappa shape index (κ2) is 10.4. The molecular formula is C28H26N4O4. The van der Waals surface area contributed by atoms with Crippen molar-refractivity contribution in [3.8, 4) is 11.5 Å². The van der Waals surface area contributed by atoms with Crippen molar-refractivity contribution < 1.29 is 19.0 Å². The summed E-state index contributed by atoms with van der Waals surface area (Å²) in [4.78, 5) is 17.6. The average molecular weight is 483 g/mol. The zero-order chi connectivity index (χ0) is 24.9. The van der Waals surface area contributed by atoms with Gasteiger partial charge in [0.1, 0.15) is 25.6 Å². The number of hydrogen-bond acceptors (Lipinski definition) is 7. The minimum absolute atomic E-state index is 0.170. The van der Waals surface area contributed by atoms with Gasteiger partial charge in [0, 0.05) is 5.70 Å². The Morgan fingerprint density at radius 3 is 2.33 bits per heavy atom. The lowest BCUT2D eigenvalue weighted by Crippen LogP contribution is -2.29. The van der Waals surface area contributed by atoms with Gasteiger partial charge in [-0.1, -0.05) is 66.7 Å². The molecule has 1 aliphatic rings. The van der Waals surface area contributed by atoms with Crippen LogP contribution in [0.15, 0.2) is 96.5 Å². The van der Waals surface area contributed by atoms with Gasteiger partial charge in [-0.15, -0.1) is 0 Å². The zero-order valence-corrected chi connectivity index (χ0v) is 20.0. The van der Waals surface area contributed by atoms with Crippen LogP contribution in [0, 0.1) is 0 Å². The van der Waals surface area contributed by atoms with Crippen LogP contribution in [0.5, 0.6) is 11.5 Å². The molecular weight excluding hydrogens is 456 g/mol. The van der Waals surface area contributed by atoms with Gasteiger partial charge in [0.15, 0.2) is 11.5 Å². The first-order valence-corrected chi connectivity index (χ1v) is 11.6. The molecule has 0 spiro atoms. The van der Waals surface area contributed by atoms with Crippen LogP contribution in [0.4, 0.5) is 5.95 Å². The number of rotatable bonds is 8. The lowest BCUT2D eigenvalue weighted by Gasteiger charge is -2.28. The zero-order valence-electron chi connectivity index (χ0n) is 20.0. The van der Waals surface area contributed by atoms with Crippen molar-refractivity contribution in [2.24, 2.45) is 0 Å². The van der Waals surface area contributed by atoms with E-state index in [1.165, 1.54) is 6.33 Å². The molecule has 0 radical (unpaired) electrons. The molecule has 5 rings (SSSR count). The lowest BCUT2D eigenvalue weighted by atomic mass is 9.95. The molecule has 182 valence electrons. The van der Waals surface area contributed by atoms with E-state index in [1.54, 1.807) is 11.8 Å². The van der Waals surface area contributed by atoms with Crippen molar-refractivity contribution in [3.63, 3.8) is 0 Å². The second-order valence-corrected chi connectivity index (χ2v) is 8.34. The van der Waals surface area contributed by atoms with Crippen LogP contribution in [-0.2, 0) is 22.7 Å². The SMILES string of the molecule is COc1cc([C@@H]2C(C(=O)OCc3ccccc3)=C(C)Nc3ncnn32)ccc1OCc1ccccc1. The third-order valence-corrected chi connectivity index (χ3v) is 5.97. The summed E-state index contributed by atoms with van der Waals surface area (Å²) in [5, 5.41) is 7.54. The molecule has 3 aromatic carbocycles. The van der Waals surface area contributed by atoms with Gasteiger partial charge < -0.3 is 19.5 Å². The summed E-state index contributed by atoms with van der Waals surface area (Å²) in [6.07, 6.45) is 1.45. The number of benzene rings is 3. The number of allylic oxidation sites excluding steroid dienone is 1. The van der Waals surface area contributed by atoms with Crippen molar-refractivity contribution in [2.75, 3.05) is 12.4 Å². The smallest absolute Gasteiger partial charge is 0.338 e. The van der Waals surface area contributed by atoms with E-state index in [0.717, 1.165) is 16.7 Å². The highest BCUT2D eigenvalue weighted by atomic mass is 16.5. The number of carbonyl (C=O) groups is 1. The number of aromatic nitrogens is 3. The highest BCUT2D eigenvalue weighted by molar-refractivity contribution is 5.92. The molecule has 4 aromatic rings. The van der Waals surface area contributed by atoms with Crippen molar-refractivity contribution in [1.82, 2.24) is 14.8 Å². The van der Waals surface area contributed by atoms with Gasteiger partial charge in [-0.3, -0.25) is 0 Å². The summed E-state index contributed by atoms with van der Waals surface area (Å²) in [5.41, 5.74) is 3.85. The Labute approximate surface area is 209 Å². The Morgan fingerprint density at radius 2 is 1.64 bits per heavy atom. The molecule has 8 heteroatoms. The predicted molar refractivity (Wildman–Crippen MR) is 134 cm³/mol. The molecule has 36 heavy (non-hydrogen) atoms. The summed E-state index contributed by atoms with van der Waals surface area (Å²) < 4.78 is 19.0. The maximum atomic E-state index is 13.3. The minimum Gasteiger partial charge on any atom is -0.493 e. The number of carbonyl (C=O) groups excluding carboxylic acids is 1. The maximum absolute atomic E-state index is 13.3. The molecule has 1 N–H and O–H groups in total. The van der Waals surface area contributed by atoms with Crippen molar-refractivity contribution >= 4 is 11.9 Å². The molecule has 1 aliphatic heterocycles. The van der Waals surface area contributed by atoms with Crippen LogP contribution in [0.2, 0.25) is 0 Å². The van der Waals surface area contributed by atoms with E-state index in [0.29, 0.717) is 35.3 Å². The van der Waals surface area contributed by atoms with Crippen LogP contribution < -0.4 is 14.8 Å². The van der Waals surface area contributed by atoms with Gasteiger partial charge in [0.2, 0.25) is 5.95 Å². The molecule has 1 atom stereocenters. The van der Waals surface area contributed by atoms with Crippen LogP contribution in [0.3, 0.4) is 0 Å². The van der Waals surface area contributed by atoms with E-state index in [1.807, 2.05) is 85.8 Å². The molecule has 8 nitrogen and oxygen atoms in total. The van der Waals surface area contributed by atoms with E-state index in [-0.39, 0.29) is 6.61 Å². The second-order valence-electron chi connectivity index (χ2n) is 8.34. The topological polar surface area (TPSA) is 87.5 Å². The molecule has 2 heterocycles. The number of anilines is 1. The largest absolute Gasteiger partial charge is 0.493 e. The Kier molecular flexibility index (Phi) is 6.66. The maximum Gasteiger partial charge on any atom is 0.338 e. The van der Waals surface area contributed by atoms with E-state index in [9.17, 15) is 4.79 Å². The predicted octanol–water partition coefficient (Wildman–Crippen LogP) is 4.90. The van der Waals surface area contributed by atoms with Gasteiger partial charge in [-0.05, 0) is 35.7 Å². The monoisotopic (exact) mass is 482 g/mol. The minimum atomic E-state index is -0.552. The summed E-state index contributed by atoms with van der Waals surface area (Å²) in [6.45, 7) is 2.41. The molecule has 0 unspecified atom stereocenters. The fourth-order valence-electron chi connectivity index (χ4n) is 4.17. The third kappa shape index (κ3) is 4.79. The van der Waals surface area contributed by atoms with Crippen LogP contribution in [0.1, 0.15) is 29.7 Å². The summed E-state index contributed by atoms with van der Waals surface area (Å²) in [5.74, 6) is 1.27. The van der Waals surface area contributed by atoms with Crippen molar-refractivity contribution in [2.45, 2.75) is 26.2 Å². The Hall–Kier alpha value is -4.59. The first-order chi connectivity index (χ1) is 17.6. The first-order valence-electron chi connectivity index (χ1n) is 11.6. The highest BCUT2D eigenvalue weighted by Crippen LogP contribution is 2.39. The average Bonchev–Trinajstić information content (AvgIpc) is 3.39. The fraction of sp³-hybridized carbons (Fsp3) is 0.179. The molecule has 1 aromatic heterocycles. The summed E-state index contributed by atoms with van der Waals surface area (Å²) in [7, 11) is 1.59. The van der Waals surface area contributed by atoms with Gasteiger partial charge in [0.05, 0.1) is 12.7 Å². The van der Waals surface area contributed by atoms with Gasteiger partial charge >= 0.3 is 5.97 Å². The van der Waals surface area contributed by atoms with Crippen molar-refractivity contribution in [3.05, 3.63) is 113 Å². The van der Waals surface area contributed by atoms with E-state index < -0.39 is 12.0 Å². The Bertz CT molecular complexity index is 1380. The first kappa shape index (κ1) is 23.2. The van der Waals surface area contributed by atoms with Gasteiger partial charge in [0.25, 0.3) is 0 Å². The highest BCUT2D eigenvalue weighted by Gasteiger charge is 2.35.